The van der Waals surface area contributed by atoms with Gasteiger partial charge in [-0.3, -0.25) is 4.79 Å². The Morgan fingerprint density at radius 3 is 2.77 bits per heavy atom. The fourth-order valence-electron chi connectivity index (χ4n) is 1.76. The monoisotopic (exact) mass is 308 g/mol. The van der Waals surface area contributed by atoms with E-state index in [1.165, 1.54) is 4.90 Å². The van der Waals surface area contributed by atoms with E-state index in [0.717, 1.165) is 12.0 Å². The number of nitrogens with one attached hydrogen (secondary N) is 2. The number of amides is 3. The molecule has 1 heterocycles. The molecule has 1 aromatic rings. The standard InChI is InChI=1S/C15H24N4O3/c1-5-9-22-13-12(7-6-8-16-13)10-17-15(21)18-11(2)14(20)19(3)4/h6-8,11H,5,9-10H2,1-4H3,(H2,17,18,21)/t11-/m1/s1. The van der Waals surface area contributed by atoms with E-state index in [2.05, 4.69) is 15.6 Å². The van der Waals surface area contributed by atoms with Crippen molar-refractivity contribution < 1.29 is 14.3 Å². The van der Waals surface area contributed by atoms with Gasteiger partial charge in [-0.15, -0.1) is 0 Å². The second-order valence-electron chi connectivity index (χ2n) is 5.10. The van der Waals surface area contributed by atoms with E-state index in [4.69, 9.17) is 4.74 Å². The summed E-state index contributed by atoms with van der Waals surface area (Å²) in [6.45, 7) is 4.51. The number of nitrogens with zero attached hydrogens (tertiary/aromatic N) is 2. The van der Waals surface area contributed by atoms with Gasteiger partial charge in [0.15, 0.2) is 0 Å². The molecule has 122 valence electrons. The summed E-state index contributed by atoms with van der Waals surface area (Å²) < 4.78 is 5.53. The van der Waals surface area contributed by atoms with Crippen molar-refractivity contribution >= 4 is 11.9 Å². The molecule has 0 aliphatic carbocycles. The van der Waals surface area contributed by atoms with Gasteiger partial charge in [0, 0.05) is 32.4 Å². The average molecular weight is 308 g/mol. The number of carbonyl (C=O) groups is 2. The Hall–Kier alpha value is -2.31. The number of pyridine rings is 1. The Labute approximate surface area is 131 Å². The molecule has 0 radical (unpaired) electrons. The van der Waals surface area contributed by atoms with Crippen molar-refractivity contribution in [2.75, 3.05) is 20.7 Å². The van der Waals surface area contributed by atoms with Crippen LogP contribution in [0.5, 0.6) is 5.88 Å². The average Bonchev–Trinajstić information content (AvgIpc) is 2.50. The number of rotatable bonds is 7. The number of urea groups is 1. The lowest BCUT2D eigenvalue weighted by Crippen LogP contribution is -2.47. The lowest BCUT2D eigenvalue weighted by Gasteiger charge is -2.18. The molecule has 0 fully saturated rings. The van der Waals surface area contributed by atoms with E-state index < -0.39 is 12.1 Å². The molecule has 1 aromatic heterocycles. The quantitative estimate of drug-likeness (QED) is 0.791. The van der Waals surface area contributed by atoms with Crippen LogP contribution in [-0.4, -0.2) is 48.6 Å². The molecule has 0 unspecified atom stereocenters. The topological polar surface area (TPSA) is 83.6 Å². The highest BCUT2D eigenvalue weighted by Crippen LogP contribution is 2.14. The SMILES string of the molecule is CCCOc1ncccc1CNC(=O)N[C@H](C)C(=O)N(C)C. The van der Waals surface area contributed by atoms with Crippen LogP contribution in [0, 0.1) is 0 Å². The fourth-order valence-corrected chi connectivity index (χ4v) is 1.76. The molecule has 3 amide bonds. The molecule has 7 nitrogen and oxygen atoms in total. The Morgan fingerprint density at radius 2 is 2.14 bits per heavy atom. The van der Waals surface area contributed by atoms with Crippen LogP contribution in [-0.2, 0) is 11.3 Å². The second-order valence-corrected chi connectivity index (χ2v) is 5.10. The molecule has 0 aromatic carbocycles. The smallest absolute Gasteiger partial charge is 0.315 e. The summed E-state index contributed by atoms with van der Waals surface area (Å²) in [6.07, 6.45) is 2.53. The number of hydrogen-bond acceptors (Lipinski definition) is 4. The summed E-state index contributed by atoms with van der Waals surface area (Å²) >= 11 is 0. The van der Waals surface area contributed by atoms with Gasteiger partial charge < -0.3 is 20.3 Å². The van der Waals surface area contributed by atoms with Gasteiger partial charge in [-0.25, -0.2) is 9.78 Å². The first-order chi connectivity index (χ1) is 10.5. The van der Waals surface area contributed by atoms with Crippen LogP contribution in [0.1, 0.15) is 25.8 Å². The highest BCUT2D eigenvalue weighted by molar-refractivity contribution is 5.86. The van der Waals surface area contributed by atoms with Crippen LogP contribution >= 0.6 is 0 Å². The molecule has 0 saturated heterocycles. The third-order valence-electron chi connectivity index (χ3n) is 2.89. The van der Waals surface area contributed by atoms with E-state index in [9.17, 15) is 9.59 Å². The number of aromatic nitrogens is 1. The van der Waals surface area contributed by atoms with Gasteiger partial charge in [0.2, 0.25) is 11.8 Å². The lowest BCUT2D eigenvalue weighted by molar-refractivity contribution is -0.130. The summed E-state index contributed by atoms with van der Waals surface area (Å²) in [5, 5.41) is 5.29. The Morgan fingerprint density at radius 1 is 1.41 bits per heavy atom. The van der Waals surface area contributed by atoms with Crippen molar-refractivity contribution in [3.63, 3.8) is 0 Å². The molecule has 0 aliphatic heterocycles. The summed E-state index contributed by atoms with van der Waals surface area (Å²) in [4.78, 5) is 29.1. The first-order valence-electron chi connectivity index (χ1n) is 7.28. The van der Waals surface area contributed by atoms with Gasteiger partial charge in [0.25, 0.3) is 0 Å². The van der Waals surface area contributed by atoms with Gasteiger partial charge in [-0.2, -0.15) is 0 Å². The lowest BCUT2D eigenvalue weighted by atomic mass is 10.2. The molecular formula is C15H24N4O3. The minimum Gasteiger partial charge on any atom is -0.477 e. The minimum absolute atomic E-state index is 0.163. The third-order valence-corrected chi connectivity index (χ3v) is 2.89. The van der Waals surface area contributed by atoms with Crippen LogP contribution in [0.25, 0.3) is 0 Å². The summed E-state index contributed by atoms with van der Waals surface area (Å²) in [7, 11) is 3.29. The van der Waals surface area contributed by atoms with Crippen molar-refractivity contribution in [3.05, 3.63) is 23.9 Å². The summed E-state index contributed by atoms with van der Waals surface area (Å²) in [6, 6.07) is 2.63. The molecule has 7 heteroatoms. The molecular weight excluding hydrogens is 284 g/mol. The molecule has 2 N–H and O–H groups in total. The van der Waals surface area contributed by atoms with E-state index in [0.29, 0.717) is 12.5 Å². The van der Waals surface area contributed by atoms with Crippen LogP contribution in [0.3, 0.4) is 0 Å². The highest BCUT2D eigenvalue weighted by Gasteiger charge is 2.17. The van der Waals surface area contributed by atoms with Crippen molar-refractivity contribution in [1.82, 2.24) is 20.5 Å². The van der Waals surface area contributed by atoms with E-state index in [-0.39, 0.29) is 12.5 Å². The van der Waals surface area contributed by atoms with E-state index in [1.54, 1.807) is 33.3 Å². The maximum absolute atomic E-state index is 11.8. The molecule has 1 rings (SSSR count). The summed E-state index contributed by atoms with van der Waals surface area (Å²) in [5.41, 5.74) is 0.790. The Bertz CT molecular complexity index is 505. The highest BCUT2D eigenvalue weighted by atomic mass is 16.5. The van der Waals surface area contributed by atoms with Gasteiger partial charge in [-0.05, 0) is 19.4 Å². The zero-order valence-corrected chi connectivity index (χ0v) is 13.5. The van der Waals surface area contributed by atoms with Gasteiger partial charge in [-0.1, -0.05) is 13.0 Å². The van der Waals surface area contributed by atoms with Gasteiger partial charge in [0.05, 0.1) is 6.61 Å². The van der Waals surface area contributed by atoms with Crippen molar-refractivity contribution in [2.24, 2.45) is 0 Å². The van der Waals surface area contributed by atoms with Crippen LogP contribution in [0.15, 0.2) is 18.3 Å². The second kappa shape index (κ2) is 8.86. The minimum atomic E-state index is -0.584. The molecule has 1 atom stereocenters. The number of likely N-dealkylation sites (N-methyl/N-ethyl adjacent to an activating group) is 1. The predicted molar refractivity (Wildman–Crippen MR) is 83.6 cm³/mol. The summed E-state index contributed by atoms with van der Waals surface area (Å²) in [5.74, 6) is 0.352. The molecule has 0 saturated carbocycles. The first kappa shape index (κ1) is 17.7. The van der Waals surface area contributed by atoms with Crippen molar-refractivity contribution in [3.8, 4) is 5.88 Å². The first-order valence-corrected chi connectivity index (χ1v) is 7.28. The van der Waals surface area contributed by atoms with Crippen LogP contribution in [0.4, 0.5) is 4.79 Å². The maximum Gasteiger partial charge on any atom is 0.315 e. The zero-order chi connectivity index (χ0) is 16.5. The van der Waals surface area contributed by atoms with Crippen molar-refractivity contribution in [2.45, 2.75) is 32.9 Å². The number of carbonyl (C=O) groups excluding carboxylic acids is 2. The zero-order valence-electron chi connectivity index (χ0n) is 13.5. The largest absolute Gasteiger partial charge is 0.477 e. The number of ether oxygens (including phenoxy) is 1. The maximum atomic E-state index is 11.8. The molecule has 0 aliphatic rings. The molecule has 22 heavy (non-hydrogen) atoms. The van der Waals surface area contributed by atoms with Gasteiger partial charge in [0.1, 0.15) is 6.04 Å². The van der Waals surface area contributed by atoms with Crippen molar-refractivity contribution in [1.29, 1.82) is 0 Å². The fraction of sp³-hybridized carbons (Fsp3) is 0.533. The number of hydrogen-bond donors (Lipinski definition) is 2. The van der Waals surface area contributed by atoms with E-state index in [1.807, 2.05) is 13.0 Å². The van der Waals surface area contributed by atoms with Crippen LogP contribution in [0.2, 0.25) is 0 Å². The van der Waals surface area contributed by atoms with E-state index >= 15 is 0 Å². The van der Waals surface area contributed by atoms with Crippen LogP contribution < -0.4 is 15.4 Å². The molecule has 0 bridgehead atoms. The third kappa shape index (κ3) is 5.59. The molecule has 0 spiro atoms. The predicted octanol–water partition coefficient (Wildman–Crippen LogP) is 1.15. The normalized spacial score (nSPS) is 11.5. The Kier molecular flexibility index (Phi) is 7.15. The van der Waals surface area contributed by atoms with Gasteiger partial charge >= 0.3 is 6.03 Å². The Balaban J connectivity index is 2.52.